The van der Waals surface area contributed by atoms with Gasteiger partial charge in [0.15, 0.2) is 0 Å². The van der Waals surface area contributed by atoms with Crippen LogP contribution >= 0.6 is 0 Å². The lowest BCUT2D eigenvalue weighted by atomic mass is 10.1. The van der Waals surface area contributed by atoms with Crippen LogP contribution in [0.4, 0.5) is 4.79 Å². The summed E-state index contributed by atoms with van der Waals surface area (Å²) in [6.07, 6.45) is 15.3. The normalized spacial score (nSPS) is 10.7. The van der Waals surface area contributed by atoms with E-state index < -0.39 is 0 Å². The van der Waals surface area contributed by atoms with E-state index in [1.54, 1.807) is 0 Å². The number of primary amides is 1. The molecule has 0 aromatic rings. The third kappa shape index (κ3) is 12.3. The van der Waals surface area contributed by atoms with Crippen LogP contribution in [0.1, 0.15) is 90.9 Å². The van der Waals surface area contributed by atoms with Crippen LogP contribution < -0.4 is 5.73 Å². The number of unbranched alkanes of at least 4 members (excludes halogenated alkanes) is 10. The molecule has 0 saturated carbocycles. The van der Waals surface area contributed by atoms with E-state index in [0.29, 0.717) is 0 Å². The van der Waals surface area contributed by atoms with Gasteiger partial charge in [0.1, 0.15) is 0 Å². The molecule has 20 heavy (non-hydrogen) atoms. The molecule has 0 heterocycles. The topological polar surface area (TPSA) is 46.3 Å². The molecule has 0 aliphatic heterocycles. The largest absolute Gasteiger partial charge is 0.351 e. The fourth-order valence-corrected chi connectivity index (χ4v) is 2.50. The monoisotopic (exact) mass is 284 g/mol. The van der Waals surface area contributed by atoms with E-state index in [9.17, 15) is 4.79 Å². The highest BCUT2D eigenvalue weighted by Gasteiger charge is 2.07. The third-order valence-corrected chi connectivity index (χ3v) is 3.87. The predicted molar refractivity (Wildman–Crippen MR) is 87.9 cm³/mol. The highest BCUT2D eigenvalue weighted by Crippen LogP contribution is 2.10. The summed E-state index contributed by atoms with van der Waals surface area (Å²) >= 11 is 0. The number of nitrogens with zero attached hydrogens (tertiary/aromatic N) is 1. The molecule has 0 saturated heterocycles. The second-order valence-corrected chi connectivity index (χ2v) is 5.86. The molecule has 120 valence electrons. The van der Waals surface area contributed by atoms with Crippen LogP contribution in [0.2, 0.25) is 0 Å². The van der Waals surface area contributed by atoms with Gasteiger partial charge in [-0.2, -0.15) is 0 Å². The predicted octanol–water partition coefficient (Wildman–Crippen LogP) is 5.09. The molecule has 0 unspecified atom stereocenters. The molecule has 0 bridgehead atoms. The Labute approximate surface area is 126 Å². The van der Waals surface area contributed by atoms with Crippen LogP contribution in [0.25, 0.3) is 0 Å². The molecular weight excluding hydrogens is 248 g/mol. The molecule has 0 radical (unpaired) electrons. The molecule has 0 aromatic heterocycles. The Morgan fingerprint density at radius 1 is 0.700 bits per heavy atom. The smallest absolute Gasteiger partial charge is 0.314 e. The molecular formula is C17H36N2O. The lowest BCUT2D eigenvalue weighted by molar-refractivity contribution is 0.205. The van der Waals surface area contributed by atoms with Crippen LogP contribution in [-0.2, 0) is 0 Å². The molecule has 0 rings (SSSR count). The highest BCUT2D eigenvalue weighted by atomic mass is 16.2. The van der Waals surface area contributed by atoms with Gasteiger partial charge in [-0.15, -0.1) is 0 Å². The summed E-state index contributed by atoms with van der Waals surface area (Å²) in [5.41, 5.74) is 5.41. The van der Waals surface area contributed by atoms with Crippen molar-refractivity contribution in [3.63, 3.8) is 0 Å². The van der Waals surface area contributed by atoms with Gasteiger partial charge >= 0.3 is 6.03 Å². The van der Waals surface area contributed by atoms with Crippen molar-refractivity contribution >= 4 is 6.03 Å². The van der Waals surface area contributed by atoms with Crippen molar-refractivity contribution in [1.82, 2.24) is 4.90 Å². The average Bonchev–Trinajstić information content (AvgIpc) is 2.43. The third-order valence-electron chi connectivity index (χ3n) is 3.87. The molecule has 0 atom stereocenters. The number of hydrogen-bond donors (Lipinski definition) is 1. The number of urea groups is 1. The standard InChI is InChI=1S/C17H36N2O/c1-3-5-7-8-9-10-11-12-14-16-19(17(18)20)15-13-6-4-2/h3-16H2,1-2H3,(H2,18,20). The molecule has 3 nitrogen and oxygen atoms in total. The lowest BCUT2D eigenvalue weighted by Gasteiger charge is -2.20. The molecule has 0 aliphatic carbocycles. The summed E-state index contributed by atoms with van der Waals surface area (Å²) in [6, 6.07) is -0.249. The molecule has 0 fully saturated rings. The van der Waals surface area contributed by atoms with Crippen LogP contribution in [-0.4, -0.2) is 24.0 Å². The zero-order chi connectivity index (χ0) is 15.1. The minimum absolute atomic E-state index is 0.249. The van der Waals surface area contributed by atoms with Crippen molar-refractivity contribution in [3.8, 4) is 0 Å². The van der Waals surface area contributed by atoms with E-state index >= 15 is 0 Å². The van der Waals surface area contributed by atoms with E-state index in [2.05, 4.69) is 13.8 Å². The molecule has 0 aromatic carbocycles. The van der Waals surface area contributed by atoms with Crippen molar-refractivity contribution in [2.75, 3.05) is 13.1 Å². The first kappa shape index (κ1) is 19.3. The van der Waals surface area contributed by atoms with Gasteiger partial charge in [0.25, 0.3) is 0 Å². The number of hydrogen-bond acceptors (Lipinski definition) is 1. The van der Waals surface area contributed by atoms with E-state index in [1.807, 2.05) is 4.90 Å². The van der Waals surface area contributed by atoms with Crippen molar-refractivity contribution in [2.45, 2.75) is 90.9 Å². The number of nitrogens with two attached hydrogens (primary N) is 1. The Balaban J connectivity index is 3.42. The zero-order valence-electron chi connectivity index (χ0n) is 13.8. The Morgan fingerprint density at radius 2 is 1.05 bits per heavy atom. The number of amides is 2. The van der Waals surface area contributed by atoms with Gasteiger partial charge in [-0.1, -0.05) is 78.1 Å². The molecule has 0 spiro atoms. The minimum atomic E-state index is -0.249. The van der Waals surface area contributed by atoms with Crippen molar-refractivity contribution in [1.29, 1.82) is 0 Å². The van der Waals surface area contributed by atoms with E-state index in [0.717, 1.165) is 25.9 Å². The van der Waals surface area contributed by atoms with Crippen molar-refractivity contribution in [3.05, 3.63) is 0 Å². The Hall–Kier alpha value is -0.730. The first-order valence-corrected chi connectivity index (χ1v) is 8.76. The summed E-state index contributed by atoms with van der Waals surface area (Å²) in [5.74, 6) is 0. The van der Waals surface area contributed by atoms with Crippen molar-refractivity contribution in [2.24, 2.45) is 5.73 Å². The second kappa shape index (κ2) is 14.7. The quantitative estimate of drug-likeness (QED) is 0.444. The maximum Gasteiger partial charge on any atom is 0.314 e. The van der Waals surface area contributed by atoms with Gasteiger partial charge < -0.3 is 10.6 Å². The maximum atomic E-state index is 11.3. The SMILES string of the molecule is CCCCCCCCCCCN(CCCCC)C(N)=O. The van der Waals surface area contributed by atoms with Crippen LogP contribution in [0.3, 0.4) is 0 Å². The van der Waals surface area contributed by atoms with Crippen LogP contribution in [0, 0.1) is 0 Å². The Bertz CT molecular complexity index is 219. The van der Waals surface area contributed by atoms with Crippen LogP contribution in [0.15, 0.2) is 0 Å². The van der Waals surface area contributed by atoms with Gasteiger partial charge in [0, 0.05) is 13.1 Å². The molecule has 0 aliphatic rings. The second-order valence-electron chi connectivity index (χ2n) is 5.86. The first-order chi connectivity index (χ1) is 9.72. The van der Waals surface area contributed by atoms with Gasteiger partial charge in [-0.3, -0.25) is 0 Å². The van der Waals surface area contributed by atoms with Gasteiger partial charge in [0.2, 0.25) is 0 Å². The fourth-order valence-electron chi connectivity index (χ4n) is 2.50. The Kier molecular flexibility index (Phi) is 14.1. The molecule has 2 amide bonds. The zero-order valence-corrected chi connectivity index (χ0v) is 13.8. The average molecular weight is 284 g/mol. The summed E-state index contributed by atoms with van der Waals surface area (Å²) in [6.45, 7) is 6.11. The van der Waals surface area contributed by atoms with Crippen LogP contribution in [0.5, 0.6) is 0 Å². The number of carbonyl (C=O) groups excluding carboxylic acids is 1. The summed E-state index contributed by atoms with van der Waals surface area (Å²) in [5, 5.41) is 0. The van der Waals surface area contributed by atoms with Gasteiger partial charge in [0.05, 0.1) is 0 Å². The Morgan fingerprint density at radius 3 is 1.50 bits per heavy atom. The van der Waals surface area contributed by atoms with Gasteiger partial charge in [-0.05, 0) is 12.8 Å². The minimum Gasteiger partial charge on any atom is -0.351 e. The fraction of sp³-hybridized carbons (Fsp3) is 0.941. The van der Waals surface area contributed by atoms with E-state index in [1.165, 1.54) is 64.2 Å². The molecule has 3 heteroatoms. The summed E-state index contributed by atoms with van der Waals surface area (Å²) in [7, 11) is 0. The lowest BCUT2D eigenvalue weighted by Crippen LogP contribution is -2.37. The van der Waals surface area contributed by atoms with E-state index in [-0.39, 0.29) is 6.03 Å². The first-order valence-electron chi connectivity index (χ1n) is 8.76. The summed E-state index contributed by atoms with van der Waals surface area (Å²) < 4.78 is 0. The number of carbonyl (C=O) groups is 1. The summed E-state index contributed by atoms with van der Waals surface area (Å²) in [4.78, 5) is 13.1. The molecule has 2 N–H and O–H groups in total. The highest BCUT2D eigenvalue weighted by molar-refractivity contribution is 5.71. The van der Waals surface area contributed by atoms with Crippen molar-refractivity contribution < 1.29 is 4.79 Å². The van der Waals surface area contributed by atoms with E-state index in [4.69, 9.17) is 5.73 Å². The number of rotatable bonds is 14. The van der Waals surface area contributed by atoms with Gasteiger partial charge in [-0.25, -0.2) is 4.79 Å². The maximum absolute atomic E-state index is 11.3.